The van der Waals surface area contributed by atoms with Crippen LogP contribution in [0.2, 0.25) is 0 Å². The van der Waals surface area contributed by atoms with E-state index >= 15 is 0 Å². The third kappa shape index (κ3) is 10.7. The molecule has 19 rings (SSSR count). The van der Waals surface area contributed by atoms with Crippen LogP contribution in [0.15, 0.2) is 96.0 Å². The van der Waals surface area contributed by atoms with Gasteiger partial charge in [0.05, 0.1) is 75.1 Å². The van der Waals surface area contributed by atoms with Gasteiger partial charge in [0, 0.05) is 64.4 Å². The summed E-state index contributed by atoms with van der Waals surface area (Å²) in [5, 5.41) is 0. The van der Waals surface area contributed by atoms with Gasteiger partial charge in [-0.25, -0.2) is 14.4 Å². The van der Waals surface area contributed by atoms with E-state index in [1.807, 2.05) is 31.2 Å². The molecule has 0 unspecified atom stereocenters. The van der Waals surface area contributed by atoms with Gasteiger partial charge in [-0.15, -0.1) is 0 Å². The molecule has 13 heterocycles. The lowest BCUT2D eigenvalue weighted by Gasteiger charge is -2.42. The average Bonchev–Trinajstić information content (AvgIpc) is 1.57. The number of ether oxygens (including phenoxy) is 15. The number of carbonyl (C=O) groups excluding carboxylic acids is 6. The van der Waals surface area contributed by atoms with Crippen LogP contribution in [0.25, 0.3) is 0 Å². The first-order chi connectivity index (χ1) is 50.0. The van der Waals surface area contributed by atoms with E-state index in [1.165, 1.54) is 5.56 Å². The van der Waals surface area contributed by atoms with E-state index in [-0.39, 0.29) is 87.7 Å². The molecule has 3 spiro atoms. The zero-order valence-electron chi connectivity index (χ0n) is 58.3. The summed E-state index contributed by atoms with van der Waals surface area (Å²) in [5.74, 6) is 1.53. The molecule has 25 heteroatoms. The van der Waals surface area contributed by atoms with Gasteiger partial charge in [-0.3, -0.25) is 34.0 Å². The van der Waals surface area contributed by atoms with E-state index in [9.17, 15) is 28.8 Å². The molecule has 0 saturated carbocycles. The highest BCUT2D eigenvalue weighted by atomic mass is 16.7. The maximum atomic E-state index is 14.4. The summed E-state index contributed by atoms with van der Waals surface area (Å²) < 4.78 is 88.0. The second-order valence-electron chi connectivity index (χ2n) is 30.4. The third-order valence-corrected chi connectivity index (χ3v) is 25.1. The maximum Gasteiger partial charge on any atom is 0.352 e. The Bertz CT molecular complexity index is 4190. The van der Waals surface area contributed by atoms with Crippen molar-refractivity contribution in [3.8, 4) is 34.5 Å². The Kier molecular flexibility index (Phi) is 16.3. The fourth-order valence-corrected chi connectivity index (χ4v) is 20.1. The number of hydrogen-bond donors (Lipinski definition) is 0. The summed E-state index contributed by atoms with van der Waals surface area (Å²) in [6.07, 6.45) is 20.1. The van der Waals surface area contributed by atoms with Crippen molar-refractivity contribution in [1.29, 1.82) is 0 Å². The molecule has 25 nitrogen and oxygen atoms in total. The zero-order chi connectivity index (χ0) is 70.2. The Hall–Kier alpha value is -8.62. The van der Waals surface area contributed by atoms with E-state index in [0.717, 1.165) is 175 Å². The van der Waals surface area contributed by atoms with Gasteiger partial charge in [0.15, 0.2) is 46.7 Å². The lowest BCUT2D eigenvalue weighted by atomic mass is 9.77. The first-order valence-corrected chi connectivity index (χ1v) is 36.7. The van der Waals surface area contributed by atoms with Crippen LogP contribution in [0.3, 0.4) is 0 Å². The number of carbonyl (C=O) groups is 6. The molecule has 0 radical (unpaired) electrons. The van der Waals surface area contributed by atoms with Crippen LogP contribution in [0.1, 0.15) is 135 Å². The van der Waals surface area contributed by atoms with Crippen LogP contribution in [-0.2, 0) is 90.7 Å². The number of nitrogens with zero attached hydrogens (tertiary/aromatic N) is 4. The summed E-state index contributed by atoms with van der Waals surface area (Å²) in [6, 6.07) is 12.3. The van der Waals surface area contributed by atoms with Crippen molar-refractivity contribution >= 4 is 35.8 Å². The molecule has 3 aliphatic carbocycles. The lowest BCUT2D eigenvalue weighted by Crippen LogP contribution is -2.56. The molecule has 3 aromatic carbocycles. The van der Waals surface area contributed by atoms with E-state index in [0.29, 0.717) is 34.5 Å². The highest BCUT2D eigenvalue weighted by molar-refractivity contribution is 5.95. The highest BCUT2D eigenvalue weighted by Crippen LogP contribution is 2.60. The van der Waals surface area contributed by atoms with Crippen molar-refractivity contribution < 1.29 is 99.8 Å². The number of cyclic esters (lactones) is 3. The zero-order valence-corrected chi connectivity index (χ0v) is 58.3. The number of rotatable bonds is 16. The Morgan fingerprint density at radius 1 is 0.456 bits per heavy atom. The van der Waals surface area contributed by atoms with Gasteiger partial charge < -0.3 is 71.1 Å². The number of esters is 6. The topological polar surface area (TPSA) is 254 Å². The Morgan fingerprint density at radius 3 is 1.17 bits per heavy atom. The predicted molar refractivity (Wildman–Crippen MR) is 361 cm³/mol. The van der Waals surface area contributed by atoms with E-state index in [2.05, 4.69) is 62.1 Å². The Balaban J connectivity index is 0.000000163. The summed E-state index contributed by atoms with van der Waals surface area (Å²) in [7, 11) is 3.21. The molecule has 12 atom stereocenters. The summed E-state index contributed by atoms with van der Waals surface area (Å²) in [5.41, 5.74) is 2.05. The van der Waals surface area contributed by atoms with Crippen LogP contribution in [-0.4, -0.2) is 214 Å². The van der Waals surface area contributed by atoms with Gasteiger partial charge in [-0.05, 0) is 172 Å². The Morgan fingerprint density at radius 2 is 0.796 bits per heavy atom. The summed E-state index contributed by atoms with van der Waals surface area (Å²) in [6.45, 7) is 11.9. The molecule has 16 aliphatic rings. The number of hydrogen-bond acceptors (Lipinski definition) is 25. The third-order valence-electron chi connectivity index (χ3n) is 25.1. The van der Waals surface area contributed by atoms with E-state index in [1.54, 1.807) is 26.4 Å². The van der Waals surface area contributed by atoms with E-state index < -0.39 is 76.5 Å². The minimum atomic E-state index is -1.58. The minimum absolute atomic E-state index is 0.00366. The number of methoxy groups -OCH3 is 2. The molecular weight excluding hydrogens is 1330 g/mol. The number of fused-ring (bicyclic) bond motifs is 9. The molecule has 13 aliphatic heterocycles. The predicted octanol–water partition coefficient (Wildman–Crippen LogP) is 7.14. The Labute approximate surface area is 596 Å². The van der Waals surface area contributed by atoms with Gasteiger partial charge in [0.2, 0.25) is 37.2 Å². The second kappa shape index (κ2) is 25.3. The van der Waals surface area contributed by atoms with Crippen LogP contribution < -0.4 is 28.4 Å². The molecule has 544 valence electrons. The van der Waals surface area contributed by atoms with Crippen molar-refractivity contribution in [3.05, 3.63) is 129 Å². The average molecular weight is 1420 g/mol. The van der Waals surface area contributed by atoms with E-state index in [4.69, 9.17) is 71.1 Å². The molecule has 3 aromatic rings. The summed E-state index contributed by atoms with van der Waals surface area (Å²) in [4.78, 5) is 89.4. The highest BCUT2D eigenvalue weighted by Gasteiger charge is 2.65. The second-order valence-corrected chi connectivity index (χ2v) is 30.4. The molecular formula is C78H86N4O21. The SMILES string of the molecule is COC1=C[C@]23CCCN2CCc2cc4c(cc2[C@@H]3[C@@H]1OC(=O)[C@@]1(C/C=C/CN2CCOCC2)CC(=O)O1)OCO4.COC1=C[C@]23CCCN2CCc2cc4c(cc2[C@@H]3[C@@H]1OC(=O)[C@@]1(C/C=C/C[C@]2(C(=O)O[C@@H]3C(C)=C[C@]56CCCN5CCc5cc7c(cc5[C@H]36)OCO7)CC(=O)O2)CC(=O)O1)OCO4. The lowest BCUT2D eigenvalue weighted by molar-refractivity contribution is -0.211. The smallest absolute Gasteiger partial charge is 0.352 e. The standard InChI is InChI=1S/C48H50N2O13.C30H36N2O8/c1-27-21-45-9-5-13-49(45)15-7-28-17-32-34(58-25-56-32)19-30(28)39(45)41(27)60-43(53)47(23-37(51)62-47)11-3-4-12-48(24-38(52)63-48)44(54)61-42-36(55-2)22-46-10-6-14-50(46)16-8-29-18-33-35(59-26-57-33)20-31(29)40(42)46;1-35-24-17-29-6-4-9-32(29)10-5-20-15-22-23(38-19-37-22)16-21(20)26(29)27(24)39-28(34)30(18-25(33)40-30)7-2-3-8-31-11-13-36-14-12-31/h3-4,17-22,39-42H,5-16,23-26H2,1-2H3;2-3,15-17,26-27H,4-14,18-19H2,1H3/b4-3+;3-2+/t39-,40-,41-,42-,45+,46+,47-,48-;26-,27-,29+,30-/m11/s1. The monoisotopic (exact) mass is 1410 g/mol. The van der Waals surface area contributed by atoms with Crippen LogP contribution in [0, 0.1) is 0 Å². The van der Waals surface area contributed by atoms with Crippen molar-refractivity contribution in [3.63, 3.8) is 0 Å². The van der Waals surface area contributed by atoms with Gasteiger partial charge in [0.1, 0.15) is 17.6 Å². The van der Waals surface area contributed by atoms with Gasteiger partial charge in [0.25, 0.3) is 0 Å². The minimum Gasteiger partial charge on any atom is -0.497 e. The first kappa shape index (κ1) is 66.3. The maximum absolute atomic E-state index is 14.4. The molecule has 0 aromatic heterocycles. The van der Waals surface area contributed by atoms with Crippen molar-refractivity contribution in [2.45, 2.75) is 173 Å². The number of morpholine rings is 1. The van der Waals surface area contributed by atoms with Crippen LogP contribution in [0.5, 0.6) is 34.5 Å². The molecule has 0 bridgehead atoms. The molecule has 7 fully saturated rings. The quantitative estimate of drug-likeness (QED) is 0.0784. The fourth-order valence-electron chi connectivity index (χ4n) is 20.1. The molecule has 0 amide bonds. The molecule has 103 heavy (non-hydrogen) atoms. The van der Waals surface area contributed by atoms with Crippen molar-refractivity contribution in [1.82, 2.24) is 19.6 Å². The molecule has 7 saturated heterocycles. The first-order valence-electron chi connectivity index (χ1n) is 36.7. The largest absolute Gasteiger partial charge is 0.497 e. The van der Waals surface area contributed by atoms with Crippen LogP contribution in [0.4, 0.5) is 0 Å². The van der Waals surface area contributed by atoms with Gasteiger partial charge >= 0.3 is 35.8 Å². The van der Waals surface area contributed by atoms with Crippen molar-refractivity contribution in [2.75, 3.05) is 107 Å². The molecule has 0 N–H and O–H groups in total. The fraction of sp³-hybridized carbons (Fsp3) is 0.564. The normalized spacial score (nSPS) is 34.4. The van der Waals surface area contributed by atoms with Gasteiger partial charge in [-0.1, -0.05) is 30.4 Å². The van der Waals surface area contributed by atoms with Gasteiger partial charge in [-0.2, -0.15) is 0 Å². The number of benzene rings is 3. The summed E-state index contributed by atoms with van der Waals surface area (Å²) >= 11 is 0. The van der Waals surface area contributed by atoms with Crippen LogP contribution >= 0.6 is 0 Å². The van der Waals surface area contributed by atoms with Crippen molar-refractivity contribution in [2.24, 2.45) is 0 Å².